The number of nitrogens with zero attached hydrogens (tertiary/aromatic N) is 1. The van der Waals surface area contributed by atoms with Gasteiger partial charge in [0.2, 0.25) is 0 Å². The summed E-state index contributed by atoms with van der Waals surface area (Å²) in [5.41, 5.74) is 3.06. The molecule has 0 bridgehead atoms. The van der Waals surface area contributed by atoms with Crippen molar-refractivity contribution in [3.8, 4) is 17.0 Å². The minimum absolute atomic E-state index is 0.686. The van der Waals surface area contributed by atoms with Gasteiger partial charge < -0.3 is 9.26 Å². The first kappa shape index (κ1) is 7.62. The molecule has 1 aliphatic rings. The lowest BCUT2D eigenvalue weighted by molar-refractivity contribution is 0.324. The summed E-state index contributed by atoms with van der Waals surface area (Å²) in [6.45, 7) is 0.686. The average molecular weight is 187 g/mol. The van der Waals surface area contributed by atoms with E-state index >= 15 is 0 Å². The minimum Gasteiger partial charge on any atom is -0.493 e. The molecule has 3 rings (SSSR count). The number of para-hydroxylation sites is 1. The molecule has 0 fully saturated rings. The number of aromatic nitrogens is 1. The van der Waals surface area contributed by atoms with Crippen molar-refractivity contribution in [2.24, 2.45) is 0 Å². The van der Waals surface area contributed by atoms with Crippen LogP contribution in [-0.2, 0) is 6.42 Å². The van der Waals surface area contributed by atoms with Gasteiger partial charge in [0.05, 0.1) is 6.61 Å². The van der Waals surface area contributed by atoms with Crippen LogP contribution >= 0.6 is 0 Å². The van der Waals surface area contributed by atoms with Crippen molar-refractivity contribution in [2.75, 3.05) is 6.61 Å². The van der Waals surface area contributed by atoms with E-state index in [0.717, 1.165) is 29.0 Å². The van der Waals surface area contributed by atoms with Gasteiger partial charge in [-0.2, -0.15) is 0 Å². The molecule has 1 aromatic heterocycles. The molecule has 0 saturated heterocycles. The minimum atomic E-state index is 0.686. The zero-order chi connectivity index (χ0) is 9.38. The average Bonchev–Trinajstić information content (AvgIpc) is 2.61. The quantitative estimate of drug-likeness (QED) is 0.634. The van der Waals surface area contributed by atoms with Gasteiger partial charge in [-0.3, -0.25) is 0 Å². The highest BCUT2D eigenvalue weighted by Crippen LogP contribution is 2.33. The van der Waals surface area contributed by atoms with Gasteiger partial charge in [-0.25, -0.2) is 0 Å². The lowest BCUT2D eigenvalue weighted by Crippen LogP contribution is -1.97. The maximum absolute atomic E-state index is 5.61. The van der Waals surface area contributed by atoms with E-state index in [1.807, 2.05) is 24.3 Å². The van der Waals surface area contributed by atoms with E-state index in [0.29, 0.717) is 6.61 Å². The van der Waals surface area contributed by atoms with Crippen LogP contribution in [0.3, 0.4) is 0 Å². The molecule has 0 aliphatic carbocycles. The largest absolute Gasteiger partial charge is 0.493 e. The van der Waals surface area contributed by atoms with Gasteiger partial charge in [-0.15, -0.1) is 0 Å². The fraction of sp³-hybridized carbons (Fsp3) is 0.182. The maximum Gasteiger partial charge on any atom is 0.128 e. The number of rotatable bonds is 0. The Morgan fingerprint density at radius 2 is 2.14 bits per heavy atom. The molecule has 1 aromatic carbocycles. The van der Waals surface area contributed by atoms with Crippen molar-refractivity contribution in [1.82, 2.24) is 5.16 Å². The zero-order valence-corrected chi connectivity index (χ0v) is 7.56. The van der Waals surface area contributed by atoms with E-state index in [1.54, 1.807) is 6.26 Å². The molecule has 1 aliphatic heterocycles. The normalized spacial score (nSPS) is 13.7. The fourth-order valence-electron chi connectivity index (χ4n) is 1.72. The molecule has 70 valence electrons. The van der Waals surface area contributed by atoms with Crippen molar-refractivity contribution in [1.29, 1.82) is 0 Å². The van der Waals surface area contributed by atoms with Crippen LogP contribution in [0, 0.1) is 0 Å². The Labute approximate surface area is 81.3 Å². The Morgan fingerprint density at radius 3 is 3.14 bits per heavy atom. The molecule has 0 amide bonds. The molecule has 14 heavy (non-hydrogen) atoms. The third-order valence-electron chi connectivity index (χ3n) is 2.41. The molecule has 3 nitrogen and oxygen atoms in total. The Kier molecular flexibility index (Phi) is 1.56. The number of ether oxygens (including phenoxy) is 1. The van der Waals surface area contributed by atoms with E-state index in [-0.39, 0.29) is 0 Å². The third-order valence-corrected chi connectivity index (χ3v) is 2.41. The SMILES string of the molecule is c1ccc2c(c1)OCCc1conc1-2. The van der Waals surface area contributed by atoms with Crippen LogP contribution in [0.2, 0.25) is 0 Å². The first-order chi connectivity index (χ1) is 6.95. The topological polar surface area (TPSA) is 35.3 Å². The van der Waals surface area contributed by atoms with Gasteiger partial charge in [0, 0.05) is 17.5 Å². The lowest BCUT2D eigenvalue weighted by atomic mass is 10.1. The number of hydrogen-bond donors (Lipinski definition) is 0. The number of benzene rings is 1. The van der Waals surface area contributed by atoms with Crippen molar-refractivity contribution >= 4 is 0 Å². The van der Waals surface area contributed by atoms with E-state index in [9.17, 15) is 0 Å². The highest BCUT2D eigenvalue weighted by molar-refractivity contribution is 5.70. The van der Waals surface area contributed by atoms with Crippen LogP contribution in [0.5, 0.6) is 5.75 Å². The Hall–Kier alpha value is -1.77. The first-order valence-corrected chi connectivity index (χ1v) is 4.60. The smallest absolute Gasteiger partial charge is 0.128 e. The molecule has 2 aromatic rings. The van der Waals surface area contributed by atoms with E-state index in [1.165, 1.54) is 0 Å². The van der Waals surface area contributed by atoms with Gasteiger partial charge >= 0.3 is 0 Å². The second-order valence-corrected chi connectivity index (χ2v) is 3.28. The second kappa shape index (κ2) is 2.87. The summed E-state index contributed by atoms with van der Waals surface area (Å²) in [6.07, 6.45) is 2.55. The van der Waals surface area contributed by atoms with Gasteiger partial charge in [-0.05, 0) is 12.1 Å². The summed E-state index contributed by atoms with van der Waals surface area (Å²) in [5, 5.41) is 4.00. The molecular formula is C11H9NO2. The Balaban J connectivity index is 2.27. The zero-order valence-electron chi connectivity index (χ0n) is 7.56. The fourth-order valence-corrected chi connectivity index (χ4v) is 1.72. The number of fused-ring (bicyclic) bond motifs is 3. The Morgan fingerprint density at radius 1 is 1.21 bits per heavy atom. The van der Waals surface area contributed by atoms with Crippen LogP contribution < -0.4 is 4.74 Å². The summed E-state index contributed by atoms with van der Waals surface area (Å²) in [7, 11) is 0. The van der Waals surface area contributed by atoms with Gasteiger partial charge in [0.25, 0.3) is 0 Å². The predicted molar refractivity (Wildman–Crippen MR) is 51.1 cm³/mol. The highest BCUT2D eigenvalue weighted by Gasteiger charge is 2.17. The van der Waals surface area contributed by atoms with Crippen LogP contribution in [0.1, 0.15) is 5.56 Å². The van der Waals surface area contributed by atoms with Crippen LogP contribution in [-0.4, -0.2) is 11.8 Å². The van der Waals surface area contributed by atoms with Gasteiger partial charge in [0.15, 0.2) is 0 Å². The summed E-state index contributed by atoms with van der Waals surface area (Å²) >= 11 is 0. The molecule has 0 spiro atoms. The molecule has 0 N–H and O–H groups in total. The summed E-state index contributed by atoms with van der Waals surface area (Å²) in [6, 6.07) is 7.90. The molecule has 0 radical (unpaired) electrons. The molecule has 2 heterocycles. The van der Waals surface area contributed by atoms with Crippen LogP contribution in [0.25, 0.3) is 11.3 Å². The first-order valence-electron chi connectivity index (χ1n) is 4.60. The maximum atomic E-state index is 5.61. The van der Waals surface area contributed by atoms with Crippen molar-refractivity contribution < 1.29 is 9.26 Å². The molecular weight excluding hydrogens is 178 g/mol. The summed E-state index contributed by atoms with van der Waals surface area (Å²) < 4.78 is 10.6. The van der Waals surface area contributed by atoms with Gasteiger partial charge in [-0.1, -0.05) is 17.3 Å². The van der Waals surface area contributed by atoms with Crippen LogP contribution in [0.15, 0.2) is 35.1 Å². The Bertz CT molecular complexity index is 462. The molecule has 0 atom stereocenters. The third kappa shape index (κ3) is 1.02. The highest BCUT2D eigenvalue weighted by atomic mass is 16.5. The van der Waals surface area contributed by atoms with E-state index < -0.39 is 0 Å². The molecule has 0 unspecified atom stereocenters. The van der Waals surface area contributed by atoms with Gasteiger partial charge in [0.1, 0.15) is 17.7 Å². The standard InChI is InChI=1S/C11H9NO2/c1-2-4-10-9(3-1)11-8(5-6-13-10)7-14-12-11/h1-4,7H,5-6H2. The van der Waals surface area contributed by atoms with Crippen molar-refractivity contribution in [3.05, 3.63) is 36.1 Å². The molecule has 0 saturated carbocycles. The van der Waals surface area contributed by atoms with Crippen molar-refractivity contribution in [3.63, 3.8) is 0 Å². The summed E-state index contributed by atoms with van der Waals surface area (Å²) in [4.78, 5) is 0. The lowest BCUT2D eigenvalue weighted by Gasteiger charge is -2.04. The summed E-state index contributed by atoms with van der Waals surface area (Å²) in [5.74, 6) is 0.889. The number of hydrogen-bond acceptors (Lipinski definition) is 3. The predicted octanol–water partition coefficient (Wildman–Crippen LogP) is 2.28. The molecule has 3 heteroatoms. The second-order valence-electron chi connectivity index (χ2n) is 3.28. The van der Waals surface area contributed by atoms with E-state index in [4.69, 9.17) is 9.26 Å². The van der Waals surface area contributed by atoms with Crippen molar-refractivity contribution in [2.45, 2.75) is 6.42 Å². The van der Waals surface area contributed by atoms with Crippen LogP contribution in [0.4, 0.5) is 0 Å². The monoisotopic (exact) mass is 187 g/mol. The van der Waals surface area contributed by atoms with E-state index in [2.05, 4.69) is 5.16 Å².